The number of β-amino-alcohol motifs (C(OH)–C–C–N with tert-alkyl or cyclic N) is 1. The van der Waals surface area contributed by atoms with Gasteiger partial charge in [-0.3, -0.25) is 19.2 Å². The number of rotatable bonds is 15. The zero-order chi connectivity index (χ0) is 48.9. The van der Waals surface area contributed by atoms with Gasteiger partial charge in [-0.2, -0.15) is 0 Å². The first kappa shape index (κ1) is 55.0. The summed E-state index contributed by atoms with van der Waals surface area (Å²) in [6.45, 7) is 15.0. The van der Waals surface area contributed by atoms with E-state index in [4.69, 9.17) is 37.9 Å². The molecule has 16 atom stereocenters. The van der Waals surface area contributed by atoms with Crippen molar-refractivity contribution in [2.24, 2.45) is 17.8 Å². The number of nitrogens with zero attached hydrogens (tertiary/aromatic N) is 2. The lowest BCUT2D eigenvalue weighted by molar-refractivity contribution is -0.319. The standard InChI is InChI=1S/C49H78N2O15/c1-12-38(55)63-37-26-40(57)60-30(4)19-22-51(23-20-34-17-15-14-16-18-34)28-36(54)29(3)25-35(21-24-52)42(46(37)59-11)47-44(58)43(50(9)10)45(31(5)62-47)65-41-27-49(8,66-33(7)53)48(32(6)61-41)64-39(56)13-2/h14-18,24,29-32,35-37,41-48,54,58H,12-13,19-23,25-28H2,1-11H3/t29-,30-,31-,32+,35+,36+,37-,41+,42+,43-,44-,45-,46-,47+,48+,49-/m1/s1. The van der Waals surface area contributed by atoms with Crippen LogP contribution in [0.3, 0.4) is 0 Å². The molecular weight excluding hydrogens is 857 g/mol. The van der Waals surface area contributed by atoms with Crippen molar-refractivity contribution >= 4 is 30.2 Å². The van der Waals surface area contributed by atoms with E-state index >= 15 is 0 Å². The molecule has 17 nitrogen and oxygen atoms in total. The summed E-state index contributed by atoms with van der Waals surface area (Å²) >= 11 is 0. The van der Waals surface area contributed by atoms with E-state index in [1.165, 1.54) is 14.0 Å². The molecule has 2 N–H and O–H groups in total. The van der Waals surface area contributed by atoms with Crippen molar-refractivity contribution < 1.29 is 72.1 Å². The highest BCUT2D eigenvalue weighted by Crippen LogP contribution is 2.43. The minimum Gasteiger partial charge on any atom is -0.463 e. The molecule has 17 heteroatoms. The first-order valence-corrected chi connectivity index (χ1v) is 23.7. The Morgan fingerprint density at radius 2 is 1.64 bits per heavy atom. The minimum absolute atomic E-state index is 0.00428. The summed E-state index contributed by atoms with van der Waals surface area (Å²) in [4.78, 5) is 68.5. The number of aldehydes is 1. The molecule has 3 aliphatic heterocycles. The van der Waals surface area contributed by atoms with Crippen LogP contribution in [0.5, 0.6) is 0 Å². The van der Waals surface area contributed by atoms with Gasteiger partial charge in [0.15, 0.2) is 18.0 Å². The number of likely N-dealkylation sites (N-methyl/N-ethyl adjacent to an activating group) is 1. The zero-order valence-electron chi connectivity index (χ0n) is 41.0. The van der Waals surface area contributed by atoms with Gasteiger partial charge >= 0.3 is 23.9 Å². The van der Waals surface area contributed by atoms with Crippen molar-refractivity contribution in [3.05, 3.63) is 35.9 Å². The SMILES string of the molecule is CCC(=O)O[C@@H]1CC(=O)O[C@H](C)CCN(CCc2ccccc2)C[C@H](O)[C@H](C)C[C@H](CC=O)[C@H]([C@@H]2O[C@H](C)[C@@H](O[C@H]3C[C@@](C)(OC(C)=O)[C@@H](OC(=O)CC)[C@H](C)O3)[C@H](N(C)C)[C@H]2O)[C@@H]1OC. The Kier molecular flexibility index (Phi) is 21.4. The molecule has 3 saturated heterocycles. The van der Waals surface area contributed by atoms with E-state index in [-0.39, 0.29) is 44.4 Å². The van der Waals surface area contributed by atoms with Crippen LogP contribution in [0.4, 0.5) is 0 Å². The number of cyclic esters (lactones) is 1. The fourth-order valence-corrected chi connectivity index (χ4v) is 10.1. The Morgan fingerprint density at radius 3 is 2.24 bits per heavy atom. The van der Waals surface area contributed by atoms with Crippen LogP contribution in [0.1, 0.15) is 106 Å². The first-order valence-electron chi connectivity index (χ1n) is 23.7. The second-order valence-corrected chi connectivity index (χ2v) is 18.9. The summed E-state index contributed by atoms with van der Waals surface area (Å²) in [5.74, 6) is -4.16. The highest BCUT2D eigenvalue weighted by molar-refractivity contribution is 5.73. The number of esters is 4. The Balaban J connectivity index is 1.75. The van der Waals surface area contributed by atoms with E-state index in [1.54, 1.807) is 60.5 Å². The van der Waals surface area contributed by atoms with Gasteiger partial charge in [0.2, 0.25) is 0 Å². The van der Waals surface area contributed by atoms with Crippen LogP contribution in [-0.4, -0.2) is 170 Å². The number of carbonyl (C=O) groups excluding carboxylic acids is 5. The summed E-state index contributed by atoms with van der Waals surface area (Å²) in [6.07, 6.45) is -8.44. The number of aliphatic hydroxyl groups excluding tert-OH is 2. The van der Waals surface area contributed by atoms with Crippen LogP contribution < -0.4 is 0 Å². The third kappa shape index (κ3) is 15.0. The van der Waals surface area contributed by atoms with Gasteiger partial charge < -0.3 is 62.7 Å². The molecule has 0 aromatic heterocycles. The van der Waals surface area contributed by atoms with Gasteiger partial charge in [-0.25, -0.2) is 0 Å². The number of hydrogen-bond donors (Lipinski definition) is 2. The molecule has 0 amide bonds. The molecule has 1 aromatic rings. The van der Waals surface area contributed by atoms with E-state index < -0.39 is 115 Å². The van der Waals surface area contributed by atoms with Gasteiger partial charge in [-0.1, -0.05) is 51.1 Å². The number of carbonyl (C=O) groups is 5. The average Bonchev–Trinajstić information content (AvgIpc) is 3.25. The Bertz CT molecular complexity index is 1700. The number of ether oxygens (including phenoxy) is 8. The van der Waals surface area contributed by atoms with E-state index in [0.29, 0.717) is 26.1 Å². The zero-order valence-corrected chi connectivity index (χ0v) is 41.0. The normalized spacial score (nSPS) is 36.6. The summed E-state index contributed by atoms with van der Waals surface area (Å²) in [5, 5.41) is 24.6. The third-order valence-corrected chi connectivity index (χ3v) is 13.5. The fourth-order valence-electron chi connectivity index (χ4n) is 10.1. The number of aliphatic hydroxyl groups is 2. The van der Waals surface area contributed by atoms with E-state index in [0.717, 1.165) is 18.3 Å². The topological polar surface area (TPSA) is 206 Å². The summed E-state index contributed by atoms with van der Waals surface area (Å²) in [7, 11) is 4.99. The predicted octanol–water partition coefficient (Wildman–Crippen LogP) is 4.04. The van der Waals surface area contributed by atoms with Gasteiger partial charge in [0.25, 0.3) is 0 Å². The Labute approximate surface area is 391 Å². The maximum atomic E-state index is 13.8. The van der Waals surface area contributed by atoms with Crippen molar-refractivity contribution in [2.75, 3.05) is 40.8 Å². The van der Waals surface area contributed by atoms with Crippen molar-refractivity contribution in [3.63, 3.8) is 0 Å². The molecule has 66 heavy (non-hydrogen) atoms. The van der Waals surface area contributed by atoms with Crippen molar-refractivity contribution in [2.45, 2.75) is 186 Å². The van der Waals surface area contributed by atoms with Crippen molar-refractivity contribution in [3.8, 4) is 0 Å². The number of hydrogen-bond acceptors (Lipinski definition) is 17. The molecule has 0 radical (unpaired) electrons. The maximum absolute atomic E-state index is 13.8. The molecule has 1 aromatic carbocycles. The van der Waals surface area contributed by atoms with Gasteiger partial charge in [0, 0.05) is 65.3 Å². The second-order valence-electron chi connectivity index (χ2n) is 18.9. The van der Waals surface area contributed by atoms with Gasteiger partial charge in [0.05, 0.1) is 43.0 Å². The van der Waals surface area contributed by atoms with E-state index in [9.17, 15) is 34.2 Å². The van der Waals surface area contributed by atoms with E-state index in [2.05, 4.69) is 17.0 Å². The molecule has 3 fully saturated rings. The predicted molar refractivity (Wildman–Crippen MR) is 242 cm³/mol. The highest BCUT2D eigenvalue weighted by atomic mass is 16.7. The summed E-state index contributed by atoms with van der Waals surface area (Å²) in [5.41, 5.74) is -0.175. The largest absolute Gasteiger partial charge is 0.463 e. The number of methoxy groups -OCH3 is 1. The van der Waals surface area contributed by atoms with Crippen LogP contribution in [-0.2, 0) is 68.3 Å². The van der Waals surface area contributed by atoms with Crippen molar-refractivity contribution in [1.82, 2.24) is 9.80 Å². The van der Waals surface area contributed by atoms with E-state index in [1.807, 2.05) is 25.1 Å². The van der Waals surface area contributed by atoms with Gasteiger partial charge in [-0.05, 0) is 78.5 Å². The van der Waals surface area contributed by atoms with Crippen LogP contribution in [0.15, 0.2) is 30.3 Å². The molecule has 0 aliphatic carbocycles. The lowest BCUT2D eigenvalue weighted by atomic mass is 9.71. The molecule has 4 rings (SSSR count). The molecule has 0 spiro atoms. The van der Waals surface area contributed by atoms with Crippen molar-refractivity contribution in [1.29, 1.82) is 0 Å². The Hall–Kier alpha value is -3.55. The maximum Gasteiger partial charge on any atom is 0.309 e. The highest BCUT2D eigenvalue weighted by Gasteiger charge is 2.56. The lowest BCUT2D eigenvalue weighted by Crippen LogP contribution is -2.67. The Morgan fingerprint density at radius 1 is 0.970 bits per heavy atom. The fraction of sp³-hybridized carbons (Fsp3) is 0.776. The second kappa shape index (κ2) is 25.7. The molecule has 0 unspecified atom stereocenters. The number of benzene rings is 1. The molecule has 0 bridgehead atoms. The quantitative estimate of drug-likeness (QED) is 0.145. The molecule has 3 heterocycles. The van der Waals surface area contributed by atoms with Crippen LogP contribution >= 0.6 is 0 Å². The van der Waals surface area contributed by atoms with Crippen LogP contribution in [0, 0.1) is 17.8 Å². The molecular formula is C49H78N2O15. The summed E-state index contributed by atoms with van der Waals surface area (Å²) in [6, 6.07) is 9.26. The van der Waals surface area contributed by atoms with Crippen LogP contribution in [0.2, 0.25) is 0 Å². The third-order valence-electron chi connectivity index (χ3n) is 13.5. The molecule has 374 valence electrons. The summed E-state index contributed by atoms with van der Waals surface area (Å²) < 4.78 is 49.5. The monoisotopic (exact) mass is 935 g/mol. The van der Waals surface area contributed by atoms with Gasteiger partial charge in [-0.15, -0.1) is 0 Å². The smallest absolute Gasteiger partial charge is 0.309 e. The lowest BCUT2D eigenvalue weighted by Gasteiger charge is -2.53. The van der Waals surface area contributed by atoms with Gasteiger partial charge in [0.1, 0.15) is 30.7 Å². The molecule has 0 saturated carbocycles. The minimum atomic E-state index is -1.34. The first-order chi connectivity index (χ1) is 31.2. The average molecular weight is 935 g/mol. The molecule has 3 aliphatic rings. The van der Waals surface area contributed by atoms with Crippen LogP contribution in [0.25, 0.3) is 0 Å².